The SMILES string of the molecule is CN(C)c1ccc(C2c3sc(=O)[nH]c3SCC23CC(=O)N(c2ccc(Cl)cc2)C3=O)cc1. The van der Waals surface area contributed by atoms with Crippen molar-refractivity contribution in [2.45, 2.75) is 17.4 Å². The number of amides is 2. The minimum Gasteiger partial charge on any atom is -0.378 e. The number of anilines is 2. The number of carbonyl (C=O) groups is 2. The molecule has 3 heterocycles. The van der Waals surface area contributed by atoms with E-state index in [1.807, 2.05) is 43.3 Å². The highest BCUT2D eigenvalue weighted by atomic mass is 35.5. The van der Waals surface area contributed by atoms with E-state index in [2.05, 4.69) is 4.98 Å². The Morgan fingerprint density at radius 1 is 1.06 bits per heavy atom. The lowest BCUT2D eigenvalue weighted by molar-refractivity contribution is -0.125. The molecule has 2 aliphatic heterocycles. The molecule has 1 spiro atoms. The highest BCUT2D eigenvalue weighted by Crippen LogP contribution is 2.57. The average molecular weight is 486 g/mol. The lowest BCUT2D eigenvalue weighted by Crippen LogP contribution is -2.43. The van der Waals surface area contributed by atoms with Crippen LogP contribution in [0.3, 0.4) is 0 Å². The second-order valence-electron chi connectivity index (χ2n) is 8.26. The molecule has 1 aromatic heterocycles. The molecular formula is C23H20ClN3O3S2. The molecule has 1 N–H and O–H groups in total. The van der Waals surface area contributed by atoms with Gasteiger partial charge < -0.3 is 9.88 Å². The molecule has 6 nitrogen and oxygen atoms in total. The summed E-state index contributed by atoms with van der Waals surface area (Å²) in [6, 6.07) is 14.7. The summed E-state index contributed by atoms with van der Waals surface area (Å²) >= 11 is 8.57. The molecule has 1 fully saturated rings. The number of nitrogens with zero attached hydrogens (tertiary/aromatic N) is 2. The van der Waals surface area contributed by atoms with E-state index in [-0.39, 0.29) is 29.0 Å². The van der Waals surface area contributed by atoms with Gasteiger partial charge in [0.1, 0.15) is 0 Å². The van der Waals surface area contributed by atoms with Gasteiger partial charge in [0.25, 0.3) is 0 Å². The Kier molecular flexibility index (Phi) is 5.19. The molecule has 5 rings (SSSR count). The van der Waals surface area contributed by atoms with Crippen LogP contribution in [-0.4, -0.2) is 36.6 Å². The Morgan fingerprint density at radius 2 is 1.75 bits per heavy atom. The summed E-state index contributed by atoms with van der Waals surface area (Å²) in [7, 11) is 3.93. The van der Waals surface area contributed by atoms with Gasteiger partial charge in [-0.05, 0) is 42.0 Å². The van der Waals surface area contributed by atoms with E-state index in [0.717, 1.165) is 32.5 Å². The molecule has 164 valence electrons. The summed E-state index contributed by atoms with van der Waals surface area (Å²) in [5.74, 6) is -0.432. The quantitative estimate of drug-likeness (QED) is 0.558. The summed E-state index contributed by atoms with van der Waals surface area (Å²) in [6.07, 6.45) is 0.0904. The molecule has 9 heteroatoms. The third kappa shape index (κ3) is 3.29. The first-order valence-electron chi connectivity index (χ1n) is 10.1. The van der Waals surface area contributed by atoms with Crippen molar-refractivity contribution in [3.05, 3.63) is 73.7 Å². The number of hydrogen-bond acceptors (Lipinski definition) is 6. The van der Waals surface area contributed by atoms with Crippen molar-refractivity contribution >= 4 is 57.9 Å². The molecular weight excluding hydrogens is 466 g/mol. The number of hydrogen-bond donors (Lipinski definition) is 1. The Labute approximate surface area is 198 Å². The fourth-order valence-electron chi connectivity index (χ4n) is 4.54. The first kappa shape index (κ1) is 21.3. The van der Waals surface area contributed by atoms with Gasteiger partial charge >= 0.3 is 4.87 Å². The van der Waals surface area contributed by atoms with Gasteiger partial charge in [0.15, 0.2) is 0 Å². The first-order chi connectivity index (χ1) is 15.3. The van der Waals surface area contributed by atoms with Gasteiger partial charge in [-0.3, -0.25) is 14.4 Å². The predicted octanol–water partition coefficient (Wildman–Crippen LogP) is 4.34. The topological polar surface area (TPSA) is 73.5 Å². The van der Waals surface area contributed by atoms with E-state index in [1.165, 1.54) is 16.7 Å². The van der Waals surface area contributed by atoms with Crippen molar-refractivity contribution in [3.8, 4) is 0 Å². The van der Waals surface area contributed by atoms with Crippen molar-refractivity contribution in [2.24, 2.45) is 5.41 Å². The maximum Gasteiger partial charge on any atom is 0.305 e. The maximum absolute atomic E-state index is 13.9. The number of thioether (sulfide) groups is 1. The molecule has 32 heavy (non-hydrogen) atoms. The number of rotatable bonds is 3. The standard InChI is InChI=1S/C23H20ClN3O3S2/c1-26(2)15-7-3-13(4-8-15)18-19-20(25-22(30)32-19)31-12-23(18)11-17(28)27(21(23)29)16-9-5-14(24)6-10-16/h3-10,18H,11-12H2,1-2H3,(H,25,30). The van der Waals surface area contributed by atoms with Crippen LogP contribution in [0.5, 0.6) is 0 Å². The zero-order chi connectivity index (χ0) is 22.6. The summed E-state index contributed by atoms with van der Waals surface area (Å²) in [6.45, 7) is 0. The molecule has 2 atom stereocenters. The smallest absolute Gasteiger partial charge is 0.305 e. The first-order valence-corrected chi connectivity index (χ1v) is 12.2. The number of imide groups is 1. The lowest BCUT2D eigenvalue weighted by Gasteiger charge is -2.38. The van der Waals surface area contributed by atoms with E-state index in [1.54, 1.807) is 24.3 Å². The molecule has 3 aromatic rings. The Hall–Kier alpha value is -2.55. The maximum atomic E-state index is 13.9. The number of aromatic amines is 1. The normalized spacial score (nSPS) is 22.5. The van der Waals surface area contributed by atoms with Crippen LogP contribution in [-0.2, 0) is 9.59 Å². The van der Waals surface area contributed by atoms with E-state index in [4.69, 9.17) is 11.6 Å². The molecule has 2 aromatic carbocycles. The fourth-order valence-corrected chi connectivity index (χ4v) is 7.23. The fraction of sp³-hybridized carbons (Fsp3) is 0.261. The highest BCUT2D eigenvalue weighted by molar-refractivity contribution is 7.99. The van der Waals surface area contributed by atoms with Crippen molar-refractivity contribution in [3.63, 3.8) is 0 Å². The predicted molar refractivity (Wildman–Crippen MR) is 129 cm³/mol. The summed E-state index contributed by atoms with van der Waals surface area (Å²) in [5.41, 5.74) is 1.51. The van der Waals surface area contributed by atoms with Gasteiger partial charge in [0, 0.05) is 47.8 Å². The van der Waals surface area contributed by atoms with Crippen molar-refractivity contribution < 1.29 is 9.59 Å². The number of H-pyrrole nitrogens is 1. The summed E-state index contributed by atoms with van der Waals surface area (Å²) < 4.78 is 0. The summed E-state index contributed by atoms with van der Waals surface area (Å²) in [5, 5.41) is 1.33. The van der Waals surface area contributed by atoms with Gasteiger partial charge in [-0.2, -0.15) is 0 Å². The van der Waals surface area contributed by atoms with Crippen LogP contribution >= 0.6 is 34.7 Å². The summed E-state index contributed by atoms with van der Waals surface area (Å²) in [4.78, 5) is 46.2. The van der Waals surface area contributed by atoms with Gasteiger partial charge in [-0.15, -0.1) is 11.8 Å². The number of nitrogens with one attached hydrogen (secondary N) is 1. The second kappa shape index (κ2) is 7.79. The second-order valence-corrected chi connectivity index (χ2v) is 10.7. The van der Waals surface area contributed by atoms with Crippen LogP contribution in [0.15, 0.2) is 58.4 Å². The number of thiazole rings is 1. The van der Waals surface area contributed by atoms with Gasteiger partial charge in [-0.1, -0.05) is 35.1 Å². The third-order valence-electron chi connectivity index (χ3n) is 6.10. The molecule has 2 aliphatic rings. The molecule has 2 unspecified atom stereocenters. The van der Waals surface area contributed by atoms with Crippen LogP contribution < -0.4 is 14.7 Å². The van der Waals surface area contributed by atoms with Crippen LogP contribution in [0.4, 0.5) is 11.4 Å². The Balaban J connectivity index is 1.64. The third-order valence-corrected chi connectivity index (χ3v) is 8.70. The van der Waals surface area contributed by atoms with E-state index in [9.17, 15) is 14.4 Å². The van der Waals surface area contributed by atoms with E-state index >= 15 is 0 Å². The molecule has 1 saturated heterocycles. The van der Waals surface area contributed by atoms with Crippen molar-refractivity contribution in [1.29, 1.82) is 0 Å². The van der Waals surface area contributed by atoms with Gasteiger partial charge in [-0.25, -0.2) is 4.90 Å². The zero-order valence-corrected chi connectivity index (χ0v) is 19.8. The number of carbonyl (C=O) groups excluding carboxylic acids is 2. The molecule has 2 amide bonds. The van der Waals surface area contributed by atoms with Crippen LogP contribution in [0.1, 0.15) is 22.8 Å². The van der Waals surface area contributed by atoms with Crippen LogP contribution in [0.25, 0.3) is 0 Å². The number of benzene rings is 2. The van der Waals surface area contributed by atoms with E-state index < -0.39 is 5.41 Å². The minimum absolute atomic E-state index is 0.0904. The molecule has 0 bridgehead atoms. The van der Waals surface area contributed by atoms with E-state index in [0.29, 0.717) is 16.5 Å². The lowest BCUT2D eigenvalue weighted by atomic mass is 9.71. The molecule has 0 aliphatic carbocycles. The van der Waals surface area contributed by atoms with Crippen LogP contribution in [0.2, 0.25) is 5.02 Å². The number of halogens is 1. The number of aromatic nitrogens is 1. The largest absolute Gasteiger partial charge is 0.378 e. The average Bonchev–Trinajstić information content (AvgIpc) is 3.25. The van der Waals surface area contributed by atoms with Crippen LogP contribution in [0, 0.1) is 5.41 Å². The van der Waals surface area contributed by atoms with Crippen molar-refractivity contribution in [2.75, 3.05) is 29.6 Å². The Bertz CT molecular complexity index is 1270. The van der Waals surface area contributed by atoms with Gasteiger partial charge in [0.05, 0.1) is 16.1 Å². The number of fused-ring (bicyclic) bond motifs is 1. The van der Waals surface area contributed by atoms with Gasteiger partial charge in [0.2, 0.25) is 11.8 Å². The zero-order valence-electron chi connectivity index (χ0n) is 17.4. The molecule has 0 radical (unpaired) electrons. The minimum atomic E-state index is -0.959. The Morgan fingerprint density at radius 3 is 2.41 bits per heavy atom. The van der Waals surface area contributed by atoms with Crippen molar-refractivity contribution in [1.82, 2.24) is 4.98 Å². The molecule has 0 saturated carbocycles. The monoisotopic (exact) mass is 485 g/mol. The highest BCUT2D eigenvalue weighted by Gasteiger charge is 2.59.